The quantitative estimate of drug-likeness (QED) is 0.855. The molecule has 19 heavy (non-hydrogen) atoms. The van der Waals surface area contributed by atoms with Crippen molar-refractivity contribution >= 4 is 0 Å². The Hall–Kier alpha value is -0.930. The molecule has 0 saturated heterocycles. The largest absolute Gasteiger partial charge is 0.320 e. The van der Waals surface area contributed by atoms with Crippen LogP contribution in [0.1, 0.15) is 40.2 Å². The Kier molecular flexibility index (Phi) is 5.50. The summed E-state index contributed by atoms with van der Waals surface area (Å²) in [7, 11) is 0. The maximum atomic E-state index is 13.1. The van der Waals surface area contributed by atoms with Crippen LogP contribution in [0.5, 0.6) is 0 Å². The normalized spacial score (nSPS) is 16.7. The van der Waals surface area contributed by atoms with E-state index in [0.29, 0.717) is 0 Å². The zero-order chi connectivity index (χ0) is 14.6. The molecule has 0 aliphatic carbocycles. The molecule has 1 aromatic rings. The molecule has 108 valence electrons. The molecular formula is C16H27FN2. The van der Waals surface area contributed by atoms with Crippen LogP contribution < -0.4 is 5.73 Å². The van der Waals surface area contributed by atoms with Crippen molar-refractivity contribution in [1.82, 2.24) is 4.90 Å². The predicted molar refractivity (Wildman–Crippen MR) is 79.5 cm³/mol. The average Bonchev–Trinajstić information content (AvgIpc) is 2.39. The molecule has 1 rings (SSSR count). The van der Waals surface area contributed by atoms with Crippen LogP contribution in [-0.4, -0.2) is 24.0 Å². The van der Waals surface area contributed by atoms with E-state index in [1.165, 1.54) is 12.1 Å². The van der Waals surface area contributed by atoms with Crippen LogP contribution in [0.4, 0.5) is 4.39 Å². The first-order valence-corrected chi connectivity index (χ1v) is 7.16. The lowest BCUT2D eigenvalue weighted by Gasteiger charge is -2.45. The molecule has 0 aromatic heterocycles. The Morgan fingerprint density at radius 3 is 1.95 bits per heavy atom. The molecule has 2 N–H and O–H groups in total. The van der Waals surface area contributed by atoms with E-state index < -0.39 is 5.54 Å². The molecule has 0 heterocycles. The molecule has 3 heteroatoms. The molecular weight excluding hydrogens is 239 g/mol. The molecule has 0 aliphatic heterocycles. The molecule has 0 bridgehead atoms. The predicted octanol–water partition coefficient (Wildman–Crippen LogP) is 3.37. The molecule has 1 aromatic carbocycles. The molecule has 0 saturated carbocycles. The Morgan fingerprint density at radius 1 is 1.11 bits per heavy atom. The molecule has 0 fully saturated rings. The van der Waals surface area contributed by atoms with Crippen LogP contribution in [0.25, 0.3) is 0 Å². The molecule has 0 radical (unpaired) electrons. The molecule has 2 atom stereocenters. The highest BCUT2D eigenvalue weighted by molar-refractivity contribution is 5.27. The van der Waals surface area contributed by atoms with Crippen molar-refractivity contribution in [1.29, 1.82) is 0 Å². The Bertz CT molecular complexity index is 384. The van der Waals surface area contributed by atoms with Crippen LogP contribution in [0, 0.1) is 11.7 Å². The van der Waals surface area contributed by atoms with Gasteiger partial charge in [-0.2, -0.15) is 0 Å². The molecule has 2 unspecified atom stereocenters. The summed E-state index contributed by atoms with van der Waals surface area (Å²) >= 11 is 0. The van der Waals surface area contributed by atoms with E-state index in [9.17, 15) is 4.39 Å². The monoisotopic (exact) mass is 266 g/mol. The van der Waals surface area contributed by atoms with Gasteiger partial charge in [-0.1, -0.05) is 39.8 Å². The molecule has 0 spiro atoms. The van der Waals surface area contributed by atoms with Gasteiger partial charge in [-0.15, -0.1) is 0 Å². The van der Waals surface area contributed by atoms with Gasteiger partial charge in [-0.25, -0.2) is 4.39 Å². The average molecular weight is 266 g/mol. The van der Waals surface area contributed by atoms with Crippen LogP contribution in [-0.2, 0) is 5.54 Å². The molecule has 0 aliphatic rings. The third-order valence-electron chi connectivity index (χ3n) is 4.35. The summed E-state index contributed by atoms with van der Waals surface area (Å²) in [6, 6.07) is 6.82. The summed E-state index contributed by atoms with van der Waals surface area (Å²) in [6.45, 7) is 12.6. The SMILES string of the molecule is CCN(CC)C(C)C(N)(c1ccc(F)cc1)C(C)C. The third-order valence-corrected chi connectivity index (χ3v) is 4.35. The second-order valence-corrected chi connectivity index (χ2v) is 5.49. The topological polar surface area (TPSA) is 29.3 Å². The second kappa shape index (κ2) is 6.49. The lowest BCUT2D eigenvalue weighted by Crippen LogP contribution is -2.57. The number of hydrogen-bond acceptors (Lipinski definition) is 2. The van der Waals surface area contributed by atoms with E-state index in [4.69, 9.17) is 5.73 Å². The van der Waals surface area contributed by atoms with Crippen molar-refractivity contribution in [2.45, 2.75) is 46.2 Å². The van der Waals surface area contributed by atoms with Crippen LogP contribution in [0.2, 0.25) is 0 Å². The Balaban J connectivity index is 3.19. The fraction of sp³-hybridized carbons (Fsp3) is 0.625. The first-order chi connectivity index (χ1) is 8.87. The zero-order valence-electron chi connectivity index (χ0n) is 12.8. The van der Waals surface area contributed by atoms with E-state index in [2.05, 4.69) is 39.5 Å². The van der Waals surface area contributed by atoms with Gasteiger partial charge in [0.15, 0.2) is 0 Å². The maximum Gasteiger partial charge on any atom is 0.123 e. The third kappa shape index (κ3) is 3.15. The smallest absolute Gasteiger partial charge is 0.123 e. The first-order valence-electron chi connectivity index (χ1n) is 7.16. The summed E-state index contributed by atoms with van der Waals surface area (Å²) < 4.78 is 13.1. The number of benzene rings is 1. The van der Waals surface area contributed by atoms with Gasteiger partial charge in [0.25, 0.3) is 0 Å². The van der Waals surface area contributed by atoms with Gasteiger partial charge in [0.2, 0.25) is 0 Å². The van der Waals surface area contributed by atoms with Crippen molar-refractivity contribution < 1.29 is 4.39 Å². The molecule has 2 nitrogen and oxygen atoms in total. The van der Waals surface area contributed by atoms with Gasteiger partial charge in [0.05, 0.1) is 5.54 Å². The van der Waals surface area contributed by atoms with E-state index in [1.54, 1.807) is 0 Å². The minimum absolute atomic E-state index is 0.202. The van der Waals surface area contributed by atoms with Gasteiger partial charge in [-0.05, 0) is 43.6 Å². The van der Waals surface area contributed by atoms with E-state index in [1.807, 2.05) is 12.1 Å². The van der Waals surface area contributed by atoms with E-state index in [0.717, 1.165) is 18.7 Å². The Labute approximate surface area is 116 Å². The second-order valence-electron chi connectivity index (χ2n) is 5.49. The standard InChI is InChI=1S/C16H27FN2/c1-6-19(7-2)13(5)16(18,12(3)4)14-8-10-15(17)11-9-14/h8-13H,6-7,18H2,1-5H3. The molecule has 0 amide bonds. The van der Waals surface area contributed by atoms with E-state index in [-0.39, 0.29) is 17.8 Å². The van der Waals surface area contributed by atoms with Crippen LogP contribution >= 0.6 is 0 Å². The lowest BCUT2D eigenvalue weighted by atomic mass is 9.75. The minimum Gasteiger partial charge on any atom is -0.320 e. The summed E-state index contributed by atoms with van der Waals surface area (Å²) in [5.41, 5.74) is 7.27. The summed E-state index contributed by atoms with van der Waals surface area (Å²) in [6.07, 6.45) is 0. The fourth-order valence-corrected chi connectivity index (χ4v) is 2.87. The lowest BCUT2D eigenvalue weighted by molar-refractivity contribution is 0.109. The van der Waals surface area contributed by atoms with Crippen molar-refractivity contribution in [3.63, 3.8) is 0 Å². The van der Waals surface area contributed by atoms with Gasteiger partial charge in [0, 0.05) is 6.04 Å². The van der Waals surface area contributed by atoms with Crippen LogP contribution in [0.3, 0.4) is 0 Å². The Morgan fingerprint density at radius 2 is 1.58 bits per heavy atom. The maximum absolute atomic E-state index is 13.1. The number of halogens is 1. The minimum atomic E-state index is -0.472. The van der Waals surface area contributed by atoms with Crippen LogP contribution in [0.15, 0.2) is 24.3 Å². The highest BCUT2D eigenvalue weighted by Gasteiger charge is 2.39. The van der Waals surface area contributed by atoms with Crippen molar-refractivity contribution in [3.8, 4) is 0 Å². The summed E-state index contributed by atoms with van der Waals surface area (Å²) in [5, 5.41) is 0. The fourth-order valence-electron chi connectivity index (χ4n) is 2.87. The summed E-state index contributed by atoms with van der Waals surface area (Å²) in [5.74, 6) is 0.0545. The van der Waals surface area contributed by atoms with Gasteiger partial charge in [0.1, 0.15) is 5.82 Å². The number of nitrogens with zero attached hydrogens (tertiary/aromatic N) is 1. The number of rotatable bonds is 6. The van der Waals surface area contributed by atoms with Gasteiger partial charge < -0.3 is 5.73 Å². The zero-order valence-corrected chi connectivity index (χ0v) is 12.8. The number of nitrogens with two attached hydrogens (primary N) is 1. The number of hydrogen-bond donors (Lipinski definition) is 1. The highest BCUT2D eigenvalue weighted by atomic mass is 19.1. The van der Waals surface area contributed by atoms with Crippen molar-refractivity contribution in [3.05, 3.63) is 35.6 Å². The van der Waals surface area contributed by atoms with Gasteiger partial charge >= 0.3 is 0 Å². The number of likely N-dealkylation sites (N-methyl/N-ethyl adjacent to an activating group) is 1. The van der Waals surface area contributed by atoms with E-state index >= 15 is 0 Å². The first kappa shape index (κ1) is 16.1. The van der Waals surface area contributed by atoms with Crippen molar-refractivity contribution in [2.24, 2.45) is 11.7 Å². The summed E-state index contributed by atoms with van der Waals surface area (Å²) in [4.78, 5) is 2.35. The highest BCUT2D eigenvalue weighted by Crippen LogP contribution is 2.33. The van der Waals surface area contributed by atoms with Gasteiger partial charge in [-0.3, -0.25) is 4.90 Å². The van der Waals surface area contributed by atoms with Crippen molar-refractivity contribution in [2.75, 3.05) is 13.1 Å².